The van der Waals surface area contributed by atoms with Gasteiger partial charge < -0.3 is 14.4 Å². The smallest absolute Gasteiger partial charge is 0.255 e. The molecule has 34 heavy (non-hydrogen) atoms. The molecule has 2 aromatic rings. The molecule has 2 aromatic carbocycles. The van der Waals surface area contributed by atoms with Crippen molar-refractivity contribution < 1.29 is 54.3 Å². The number of nitrogens with one attached hydrogen (secondary N) is 1. The first-order valence-corrected chi connectivity index (χ1v) is 9.44. The molecule has 3 amide bonds. The number of halogens is 1. The van der Waals surface area contributed by atoms with Crippen molar-refractivity contribution in [3.63, 3.8) is 0 Å². The summed E-state index contributed by atoms with van der Waals surface area (Å²) in [5, 5.41) is 1.42. The Kier molecular flexibility index (Phi) is 2.63. The molecule has 3 heterocycles. The Hall–Kier alpha value is -3.30. The third-order valence-electron chi connectivity index (χ3n) is 4.54. The summed E-state index contributed by atoms with van der Waals surface area (Å²) in [7, 11) is 0. The van der Waals surface area contributed by atoms with E-state index in [1.54, 1.807) is 0 Å². The SMILES string of the molecule is [2H]C([2H])(Oc1cccc2c1C([2H])([2H])N(C1([2H])C(=O)NC(=O)C([2H])([2H])C1([2H])[2H])C2=O)c1ccc(C([2H])([2H])N2C([2H])([2H])C([2H])([2H])OC([2H])([2H])C2([2H])[2H])cc1F. The number of morpholine rings is 1. The zero-order valence-electron chi connectivity index (χ0n) is 35.8. The molecular weight excluding hydrogens is 441 g/mol. The van der Waals surface area contributed by atoms with Crippen molar-refractivity contribution in [2.24, 2.45) is 0 Å². The van der Waals surface area contributed by atoms with E-state index in [4.69, 9.17) is 30.8 Å². The Labute approximate surface area is 223 Å². The maximum absolute atomic E-state index is 15.7. The van der Waals surface area contributed by atoms with Crippen LogP contribution in [0.3, 0.4) is 0 Å². The van der Waals surface area contributed by atoms with E-state index in [1.165, 1.54) is 5.32 Å². The van der Waals surface area contributed by atoms with Crippen molar-refractivity contribution in [1.29, 1.82) is 0 Å². The van der Waals surface area contributed by atoms with Gasteiger partial charge in [0.15, 0.2) is 0 Å². The summed E-state index contributed by atoms with van der Waals surface area (Å²) in [4.78, 5) is 37.9. The molecule has 0 spiro atoms. The van der Waals surface area contributed by atoms with Gasteiger partial charge in [0, 0.05) is 56.3 Å². The summed E-state index contributed by atoms with van der Waals surface area (Å²) < 4.78 is 182. The second-order valence-corrected chi connectivity index (χ2v) is 6.69. The van der Waals surface area contributed by atoms with Crippen LogP contribution in [-0.4, -0.2) is 59.7 Å². The molecule has 0 aromatic heterocycles. The molecule has 2 fully saturated rings. The minimum atomic E-state index is -3.89. The van der Waals surface area contributed by atoms with Crippen LogP contribution in [0.1, 0.15) is 65.8 Å². The summed E-state index contributed by atoms with van der Waals surface area (Å²) >= 11 is 0. The number of rotatable bonds is 6. The molecule has 1 unspecified atom stereocenters. The number of amides is 3. The van der Waals surface area contributed by atoms with Crippen LogP contribution in [0, 0.1) is 5.82 Å². The average molecular weight is 487 g/mol. The van der Waals surface area contributed by atoms with E-state index in [-0.39, 0.29) is 11.0 Å². The van der Waals surface area contributed by atoms with Gasteiger partial charge in [-0.15, -0.1) is 0 Å². The zero-order valence-corrected chi connectivity index (χ0v) is 16.8. The van der Waals surface area contributed by atoms with Crippen molar-refractivity contribution in [3.05, 3.63) is 64.5 Å². The third kappa shape index (κ3) is 4.53. The molecule has 3 aliphatic rings. The first kappa shape index (κ1) is 9.39. The molecule has 0 saturated carbocycles. The molecule has 0 aliphatic carbocycles. The van der Waals surface area contributed by atoms with Crippen molar-refractivity contribution in [3.8, 4) is 5.75 Å². The molecule has 9 heteroatoms. The molecule has 1 atom stereocenters. The van der Waals surface area contributed by atoms with Crippen LogP contribution in [0.15, 0.2) is 36.4 Å². The summed E-state index contributed by atoms with van der Waals surface area (Å²) in [6.07, 6.45) is -7.55. The zero-order chi connectivity index (χ0) is 40.7. The van der Waals surface area contributed by atoms with Crippen molar-refractivity contribution in [2.45, 2.75) is 38.3 Å². The number of ether oxygens (including phenoxy) is 2. The highest BCUT2D eigenvalue weighted by Gasteiger charge is 2.40. The number of carbonyl (C=O) groups excluding carboxylic acids is 3. The van der Waals surface area contributed by atoms with Gasteiger partial charge >= 0.3 is 0 Å². The van der Waals surface area contributed by atoms with Crippen LogP contribution < -0.4 is 10.1 Å². The van der Waals surface area contributed by atoms with Gasteiger partial charge in [0.2, 0.25) is 11.8 Å². The maximum Gasteiger partial charge on any atom is 0.255 e. The predicted molar refractivity (Wildman–Crippen MR) is 119 cm³/mol. The first-order chi connectivity index (χ1) is 23.6. The number of carbonyl (C=O) groups is 3. The second kappa shape index (κ2) is 9.52. The number of nitrogens with zero attached hydrogens (tertiary/aromatic N) is 2. The van der Waals surface area contributed by atoms with E-state index in [1.807, 2.05) is 0 Å². The second-order valence-electron chi connectivity index (χ2n) is 6.69. The fraction of sp³-hybridized carbons (Fsp3) is 0.400. The highest BCUT2D eigenvalue weighted by molar-refractivity contribution is 6.05. The summed E-state index contributed by atoms with van der Waals surface area (Å²) in [5.41, 5.74) is -3.68. The molecule has 8 nitrogen and oxygen atoms in total. The minimum Gasteiger partial charge on any atom is -0.488 e. The van der Waals surface area contributed by atoms with E-state index in [2.05, 4.69) is 4.74 Å². The molecule has 1 N–H and O–H groups in total. The van der Waals surface area contributed by atoms with E-state index >= 15 is 4.39 Å². The number of imide groups is 1. The number of hydrogen-bond acceptors (Lipinski definition) is 6. The van der Waals surface area contributed by atoms with Crippen LogP contribution in [0.5, 0.6) is 5.75 Å². The number of hydrogen-bond donors (Lipinski definition) is 1. The van der Waals surface area contributed by atoms with Crippen LogP contribution >= 0.6 is 0 Å². The van der Waals surface area contributed by atoms with Crippen molar-refractivity contribution >= 4 is 17.7 Å². The first-order valence-electron chi connectivity index (χ1n) is 18.9. The highest BCUT2D eigenvalue weighted by Crippen LogP contribution is 2.34. The lowest BCUT2D eigenvalue weighted by atomic mass is 10.0. The van der Waals surface area contributed by atoms with E-state index in [9.17, 15) is 14.4 Å². The van der Waals surface area contributed by atoms with E-state index in [0.29, 0.717) is 12.1 Å². The minimum absolute atomic E-state index is 0.256. The lowest BCUT2D eigenvalue weighted by Crippen LogP contribution is -2.52. The van der Waals surface area contributed by atoms with Crippen molar-refractivity contribution in [2.75, 3.05) is 26.1 Å². The van der Waals surface area contributed by atoms with Crippen LogP contribution in [0.2, 0.25) is 0 Å². The molecule has 0 bridgehead atoms. The third-order valence-corrected chi connectivity index (χ3v) is 4.54. The quantitative estimate of drug-likeness (QED) is 0.629. The number of piperidine rings is 1. The monoisotopic (exact) mass is 486 g/mol. The van der Waals surface area contributed by atoms with Gasteiger partial charge in [-0.2, -0.15) is 0 Å². The molecule has 2 saturated heterocycles. The predicted octanol–water partition coefficient (Wildman–Crippen LogP) is 2.00. The number of fused-ring (bicyclic) bond motifs is 1. The van der Waals surface area contributed by atoms with E-state index < -0.39 is 121 Å². The lowest BCUT2D eigenvalue weighted by Gasteiger charge is -2.29. The van der Waals surface area contributed by atoms with Crippen LogP contribution in [0.4, 0.5) is 4.39 Å². The lowest BCUT2D eigenvalue weighted by molar-refractivity contribution is -0.136. The fourth-order valence-electron chi connectivity index (χ4n) is 3.03. The molecule has 5 rings (SSSR count). The largest absolute Gasteiger partial charge is 0.488 e. The van der Waals surface area contributed by atoms with Gasteiger partial charge in [0.1, 0.15) is 24.1 Å². The van der Waals surface area contributed by atoms with E-state index in [0.717, 1.165) is 18.2 Å². The van der Waals surface area contributed by atoms with Gasteiger partial charge in [-0.05, 0) is 30.1 Å². The molecular formula is C25H26FN3O5. The number of benzene rings is 2. The van der Waals surface area contributed by atoms with Gasteiger partial charge in [-0.3, -0.25) is 24.6 Å². The Morgan fingerprint density at radius 2 is 2.06 bits per heavy atom. The van der Waals surface area contributed by atoms with Crippen molar-refractivity contribution in [1.82, 2.24) is 15.1 Å². The normalized spacial score (nSPS) is 42.6. The molecule has 0 radical (unpaired) electrons. The van der Waals surface area contributed by atoms with Gasteiger partial charge in [-0.25, -0.2) is 4.39 Å². The highest BCUT2D eigenvalue weighted by atomic mass is 19.1. The van der Waals surface area contributed by atoms with Gasteiger partial charge in [-0.1, -0.05) is 18.2 Å². The average Bonchev–Trinajstić information content (AvgIpc) is 3.18. The van der Waals surface area contributed by atoms with Gasteiger partial charge in [0.05, 0.1) is 32.0 Å². The Bertz CT molecular complexity index is 1920. The van der Waals surface area contributed by atoms with Crippen LogP contribution in [0.25, 0.3) is 0 Å². The Balaban J connectivity index is 1.55. The Morgan fingerprint density at radius 3 is 2.85 bits per heavy atom. The molecule has 3 aliphatic heterocycles. The fourth-order valence-corrected chi connectivity index (χ4v) is 3.03. The van der Waals surface area contributed by atoms with Gasteiger partial charge in [0.25, 0.3) is 5.91 Å². The Morgan fingerprint density at radius 1 is 1.24 bits per heavy atom. The van der Waals surface area contributed by atoms with Crippen LogP contribution in [-0.2, 0) is 33.9 Å². The standard InChI is InChI=1S/C25H26FN3O5/c26-20-12-16(13-28-8-10-33-11-9-28)4-5-17(20)15-34-22-3-1-2-18-19(22)14-29(25(18)32)21-6-7-23(30)27-24(21)31/h1-5,12,21H,6-11,13-15H2,(H,27,30,31)/i6D2,7D2,8D2,9D2,10D2,11D2,13D2,14D2,15D2,21D. The summed E-state index contributed by atoms with van der Waals surface area (Å²) in [6, 6.07) is 0.420. The maximum atomic E-state index is 15.7. The summed E-state index contributed by atoms with van der Waals surface area (Å²) in [6.45, 7) is -25.3. The summed E-state index contributed by atoms with van der Waals surface area (Å²) in [5.74, 6) is -7.83. The topological polar surface area (TPSA) is 88.2 Å². The molecule has 178 valence electrons.